The molecule has 4 heteroatoms. The highest BCUT2D eigenvalue weighted by Gasteiger charge is 1.99. The van der Waals surface area contributed by atoms with Crippen molar-refractivity contribution in [1.82, 2.24) is 5.32 Å². The van der Waals surface area contributed by atoms with Gasteiger partial charge in [0, 0.05) is 24.2 Å². The molecule has 0 aromatic heterocycles. The fourth-order valence-electron chi connectivity index (χ4n) is 1.45. The molecule has 0 unspecified atom stereocenters. The molecule has 1 rings (SSSR count). The van der Waals surface area contributed by atoms with E-state index in [-0.39, 0.29) is 0 Å². The average molecular weight is 335 g/mol. The second kappa shape index (κ2) is 8.92. The summed E-state index contributed by atoms with van der Waals surface area (Å²) in [5.41, 5.74) is 1.22. The second-order valence-electron chi connectivity index (χ2n) is 4.72. The maximum absolute atomic E-state index is 5.94. The van der Waals surface area contributed by atoms with Crippen LogP contribution in [0.3, 0.4) is 0 Å². The van der Waals surface area contributed by atoms with E-state index in [1.54, 1.807) is 0 Å². The lowest BCUT2D eigenvalue weighted by molar-refractivity contribution is 0.125. The molecule has 1 aromatic rings. The summed E-state index contributed by atoms with van der Waals surface area (Å²) in [6.07, 6.45) is 1.13. The molecule has 0 bridgehead atoms. The zero-order valence-corrected chi connectivity index (χ0v) is 13.4. The molecule has 1 N–H and O–H groups in total. The van der Waals surface area contributed by atoms with Gasteiger partial charge in [0.15, 0.2) is 0 Å². The van der Waals surface area contributed by atoms with E-state index in [1.807, 2.05) is 18.2 Å². The van der Waals surface area contributed by atoms with Gasteiger partial charge in [-0.05, 0) is 46.0 Å². The van der Waals surface area contributed by atoms with Crippen molar-refractivity contribution in [3.63, 3.8) is 0 Å². The highest BCUT2D eigenvalue weighted by atomic mass is 79.9. The first-order valence-electron chi connectivity index (χ1n) is 6.32. The summed E-state index contributed by atoms with van der Waals surface area (Å²) in [5.74, 6) is 0.712. The predicted octanol–water partition coefficient (Wildman–Crippen LogP) is 4.25. The van der Waals surface area contributed by atoms with Crippen LogP contribution in [0.5, 0.6) is 0 Å². The number of halogens is 2. The molecule has 18 heavy (non-hydrogen) atoms. The number of rotatable bonds is 8. The molecule has 0 saturated heterocycles. The summed E-state index contributed by atoms with van der Waals surface area (Å²) < 4.78 is 6.47. The van der Waals surface area contributed by atoms with Crippen LogP contribution in [0.4, 0.5) is 0 Å². The molecular weight excluding hydrogens is 314 g/mol. The maximum Gasteiger partial charge on any atom is 0.0591 e. The van der Waals surface area contributed by atoms with Gasteiger partial charge in [-0.25, -0.2) is 0 Å². The van der Waals surface area contributed by atoms with Gasteiger partial charge in [0.05, 0.1) is 11.6 Å². The first kappa shape index (κ1) is 16.0. The smallest absolute Gasteiger partial charge is 0.0591 e. The molecule has 0 amide bonds. The number of nitrogens with one attached hydrogen (secondary N) is 1. The molecule has 0 saturated carbocycles. The van der Waals surface area contributed by atoms with Crippen LogP contribution in [0.2, 0.25) is 5.02 Å². The van der Waals surface area contributed by atoms with Crippen LogP contribution in [0.15, 0.2) is 22.7 Å². The van der Waals surface area contributed by atoms with Gasteiger partial charge < -0.3 is 10.1 Å². The molecule has 2 nitrogen and oxygen atoms in total. The molecule has 0 fully saturated rings. The van der Waals surface area contributed by atoms with Gasteiger partial charge in [-0.1, -0.05) is 31.5 Å². The Morgan fingerprint density at radius 2 is 2.11 bits per heavy atom. The Morgan fingerprint density at radius 1 is 1.33 bits per heavy atom. The van der Waals surface area contributed by atoms with E-state index in [9.17, 15) is 0 Å². The van der Waals surface area contributed by atoms with Crippen molar-refractivity contribution in [3.8, 4) is 0 Å². The third-order valence-corrected chi connectivity index (χ3v) is 3.79. The number of hydrogen-bond acceptors (Lipinski definition) is 2. The Bertz CT molecular complexity index is 358. The Balaban J connectivity index is 2.09. The van der Waals surface area contributed by atoms with E-state index < -0.39 is 0 Å². The van der Waals surface area contributed by atoms with Crippen LogP contribution >= 0.6 is 27.5 Å². The topological polar surface area (TPSA) is 21.3 Å². The fourth-order valence-corrected chi connectivity index (χ4v) is 1.99. The van der Waals surface area contributed by atoms with Crippen molar-refractivity contribution in [2.45, 2.75) is 26.8 Å². The molecule has 0 heterocycles. The Hall–Kier alpha value is -0.0900. The molecule has 0 aliphatic rings. The van der Waals surface area contributed by atoms with Gasteiger partial charge in [-0.2, -0.15) is 0 Å². The van der Waals surface area contributed by atoms with Crippen molar-refractivity contribution < 1.29 is 4.74 Å². The molecule has 102 valence electrons. The minimum absolute atomic E-state index is 0.712. The summed E-state index contributed by atoms with van der Waals surface area (Å²) in [5, 5.41) is 4.09. The molecule has 0 radical (unpaired) electrons. The van der Waals surface area contributed by atoms with Gasteiger partial charge in [-0.3, -0.25) is 0 Å². The van der Waals surface area contributed by atoms with Crippen LogP contribution in [0, 0.1) is 5.92 Å². The second-order valence-corrected chi connectivity index (χ2v) is 5.98. The van der Waals surface area contributed by atoms with Gasteiger partial charge >= 0.3 is 0 Å². The third kappa shape index (κ3) is 6.74. The van der Waals surface area contributed by atoms with E-state index >= 15 is 0 Å². The SMILES string of the molecule is CC(C)CCOCCNCc1ccc(Cl)c(Br)c1. The molecule has 1 aromatic carbocycles. The minimum atomic E-state index is 0.712. The van der Waals surface area contributed by atoms with Gasteiger partial charge in [0.1, 0.15) is 0 Å². The first-order chi connectivity index (χ1) is 8.59. The van der Waals surface area contributed by atoms with E-state index in [0.717, 1.165) is 42.2 Å². The van der Waals surface area contributed by atoms with Crippen molar-refractivity contribution in [2.75, 3.05) is 19.8 Å². The van der Waals surface area contributed by atoms with Crippen LogP contribution in [0.25, 0.3) is 0 Å². The molecule has 0 spiro atoms. The summed E-state index contributed by atoms with van der Waals surface area (Å²) in [7, 11) is 0. The van der Waals surface area contributed by atoms with E-state index in [2.05, 4.69) is 35.1 Å². The highest BCUT2D eigenvalue weighted by Crippen LogP contribution is 2.22. The standard InChI is InChI=1S/C14H21BrClNO/c1-11(2)5-7-18-8-6-17-10-12-3-4-14(16)13(15)9-12/h3-4,9,11,17H,5-8,10H2,1-2H3. The van der Waals surface area contributed by atoms with Crippen LogP contribution in [-0.4, -0.2) is 19.8 Å². The van der Waals surface area contributed by atoms with Crippen molar-refractivity contribution in [1.29, 1.82) is 0 Å². The van der Waals surface area contributed by atoms with Gasteiger partial charge in [0.25, 0.3) is 0 Å². The zero-order valence-electron chi connectivity index (χ0n) is 11.0. The van der Waals surface area contributed by atoms with Crippen LogP contribution in [0.1, 0.15) is 25.8 Å². The van der Waals surface area contributed by atoms with Gasteiger partial charge in [0.2, 0.25) is 0 Å². The summed E-state index contributed by atoms with van der Waals surface area (Å²) in [4.78, 5) is 0. The van der Waals surface area contributed by atoms with Crippen LogP contribution < -0.4 is 5.32 Å². The van der Waals surface area contributed by atoms with Gasteiger partial charge in [-0.15, -0.1) is 0 Å². The lowest BCUT2D eigenvalue weighted by Gasteiger charge is -2.08. The third-order valence-electron chi connectivity index (χ3n) is 2.58. The molecule has 0 aliphatic carbocycles. The van der Waals surface area contributed by atoms with E-state index in [4.69, 9.17) is 16.3 Å². The molecular formula is C14H21BrClNO. The fraction of sp³-hybridized carbons (Fsp3) is 0.571. The van der Waals surface area contributed by atoms with E-state index in [1.165, 1.54) is 5.56 Å². The van der Waals surface area contributed by atoms with Crippen LogP contribution in [-0.2, 0) is 11.3 Å². The van der Waals surface area contributed by atoms with Crippen molar-refractivity contribution in [3.05, 3.63) is 33.3 Å². The number of ether oxygens (including phenoxy) is 1. The predicted molar refractivity (Wildman–Crippen MR) is 81.1 cm³/mol. The zero-order chi connectivity index (χ0) is 13.4. The Labute approximate surface area is 123 Å². The normalized spacial score (nSPS) is 11.2. The minimum Gasteiger partial charge on any atom is -0.380 e. The summed E-state index contributed by atoms with van der Waals surface area (Å²) in [6.45, 7) is 7.75. The lowest BCUT2D eigenvalue weighted by Crippen LogP contribution is -2.19. The Morgan fingerprint density at radius 3 is 2.78 bits per heavy atom. The molecule has 0 aliphatic heterocycles. The average Bonchev–Trinajstić information content (AvgIpc) is 2.32. The first-order valence-corrected chi connectivity index (χ1v) is 7.49. The summed E-state index contributed by atoms with van der Waals surface area (Å²) >= 11 is 9.36. The van der Waals surface area contributed by atoms with Crippen molar-refractivity contribution in [2.24, 2.45) is 5.92 Å². The summed E-state index contributed by atoms with van der Waals surface area (Å²) in [6, 6.07) is 5.97. The monoisotopic (exact) mass is 333 g/mol. The number of hydrogen-bond donors (Lipinski definition) is 1. The lowest BCUT2D eigenvalue weighted by atomic mass is 10.1. The highest BCUT2D eigenvalue weighted by molar-refractivity contribution is 9.10. The Kier molecular flexibility index (Phi) is 7.91. The maximum atomic E-state index is 5.94. The number of benzene rings is 1. The quantitative estimate of drug-likeness (QED) is 0.717. The van der Waals surface area contributed by atoms with E-state index in [0.29, 0.717) is 5.92 Å². The molecule has 0 atom stereocenters. The van der Waals surface area contributed by atoms with Crippen molar-refractivity contribution >= 4 is 27.5 Å². The largest absolute Gasteiger partial charge is 0.380 e.